The Labute approximate surface area is 263 Å². The molecule has 1 fully saturated rings. The minimum absolute atomic E-state index is 0.0457. The number of rotatable bonds is 8. The Morgan fingerprint density at radius 1 is 1.16 bits per heavy atom. The van der Waals surface area contributed by atoms with Crippen LogP contribution in [0.5, 0.6) is 11.5 Å². The molecule has 4 aromatic rings. The number of nitrogens with zero attached hydrogens (tertiary/aromatic N) is 4. The van der Waals surface area contributed by atoms with Crippen molar-refractivity contribution in [3.63, 3.8) is 0 Å². The predicted molar refractivity (Wildman–Crippen MR) is 161 cm³/mol. The van der Waals surface area contributed by atoms with Crippen molar-refractivity contribution in [1.29, 1.82) is 0 Å². The molecule has 234 valence electrons. The van der Waals surface area contributed by atoms with Crippen LogP contribution in [0.15, 0.2) is 71.5 Å². The fourth-order valence-electron chi connectivity index (χ4n) is 5.51. The largest absolute Gasteiger partial charge is 0.447 e. The summed E-state index contributed by atoms with van der Waals surface area (Å²) in [4.78, 5) is 41.2. The molecule has 2 aliphatic rings. The van der Waals surface area contributed by atoms with Crippen LogP contribution in [0.1, 0.15) is 53.2 Å². The number of halogens is 2. The van der Waals surface area contributed by atoms with E-state index in [1.165, 1.54) is 31.6 Å². The van der Waals surface area contributed by atoms with Gasteiger partial charge in [-0.2, -0.15) is 5.06 Å². The molecule has 0 bridgehead atoms. The highest BCUT2D eigenvalue weighted by atomic mass is 35.5. The van der Waals surface area contributed by atoms with Crippen LogP contribution in [0.3, 0.4) is 0 Å². The average Bonchev–Trinajstić information content (AvgIpc) is 3.68. The van der Waals surface area contributed by atoms with Crippen molar-refractivity contribution in [2.45, 2.75) is 38.0 Å². The number of hydroxylamine groups is 2. The van der Waals surface area contributed by atoms with Crippen LogP contribution >= 0.6 is 11.6 Å². The number of hydrogen-bond donors (Lipinski definition) is 1. The summed E-state index contributed by atoms with van der Waals surface area (Å²) >= 11 is 5.94. The van der Waals surface area contributed by atoms with Crippen LogP contribution in [-0.2, 0) is 22.0 Å². The van der Waals surface area contributed by atoms with Gasteiger partial charge in [0.25, 0.3) is 11.7 Å². The first kappa shape index (κ1) is 30.4. The molecule has 0 spiro atoms. The van der Waals surface area contributed by atoms with E-state index in [4.69, 9.17) is 30.3 Å². The summed E-state index contributed by atoms with van der Waals surface area (Å²) in [5.74, 6) is -0.741. The molecule has 1 atom stereocenters. The quantitative estimate of drug-likeness (QED) is 0.248. The van der Waals surface area contributed by atoms with Crippen LogP contribution in [-0.4, -0.2) is 58.5 Å². The molecule has 11 nitrogen and oxygen atoms in total. The van der Waals surface area contributed by atoms with E-state index in [-0.39, 0.29) is 29.6 Å². The minimum Gasteiger partial charge on any atom is -0.447 e. The topological polar surface area (TPSA) is 119 Å². The van der Waals surface area contributed by atoms with Gasteiger partial charge in [-0.05, 0) is 68.2 Å². The maximum absolute atomic E-state index is 14.8. The highest BCUT2D eigenvalue weighted by Gasteiger charge is 2.43. The second kappa shape index (κ2) is 12.7. The summed E-state index contributed by atoms with van der Waals surface area (Å²) in [5, 5.41) is 4.25. The summed E-state index contributed by atoms with van der Waals surface area (Å²) < 4.78 is 32.3. The average molecular weight is 636 g/mol. The van der Waals surface area contributed by atoms with Gasteiger partial charge in [-0.3, -0.25) is 9.69 Å². The van der Waals surface area contributed by atoms with Crippen molar-refractivity contribution < 1.29 is 32.7 Å². The summed E-state index contributed by atoms with van der Waals surface area (Å²) in [5.41, 5.74) is 1.28. The molecule has 13 heteroatoms. The molecular weight excluding hydrogens is 605 g/mol. The molecule has 0 radical (unpaired) electrons. The van der Waals surface area contributed by atoms with Gasteiger partial charge in [0, 0.05) is 24.6 Å². The highest BCUT2D eigenvalue weighted by Crippen LogP contribution is 2.49. The van der Waals surface area contributed by atoms with Crippen LogP contribution in [0, 0.1) is 5.82 Å². The number of hydrogen-bond acceptors (Lipinski definition) is 10. The number of ether oxygens (including phenoxy) is 2. The van der Waals surface area contributed by atoms with Gasteiger partial charge in [-0.25, -0.2) is 19.2 Å². The summed E-state index contributed by atoms with van der Waals surface area (Å²) in [7, 11) is 1.41. The second-order valence-electron chi connectivity index (χ2n) is 11.0. The van der Waals surface area contributed by atoms with Crippen molar-refractivity contribution >= 4 is 29.3 Å². The fraction of sp³-hybridized carbons (Fsp3) is 0.312. The molecule has 1 amide bonds. The van der Waals surface area contributed by atoms with E-state index >= 15 is 0 Å². The summed E-state index contributed by atoms with van der Waals surface area (Å²) in [6, 6.07) is 15.0. The Hall–Kier alpha value is -4.68. The maximum Gasteiger partial charge on any atom is 0.381 e. The fourth-order valence-corrected chi connectivity index (χ4v) is 5.66. The molecule has 0 saturated carbocycles. The second-order valence-corrected chi connectivity index (χ2v) is 11.4. The number of anilines is 1. The van der Waals surface area contributed by atoms with Crippen molar-refractivity contribution in [2.24, 2.45) is 0 Å². The van der Waals surface area contributed by atoms with Crippen molar-refractivity contribution in [3.05, 3.63) is 101 Å². The van der Waals surface area contributed by atoms with Gasteiger partial charge < -0.3 is 24.0 Å². The first-order valence-corrected chi connectivity index (χ1v) is 14.8. The standard InChI is InChI=1S/C32H31ClFN5O6/c1-32(23-10-9-21(33)17-24(23)34)43-26-7-3-5-22(30(26)44-32)20-11-14-39(15-12-20)19-29(40)38(2)45-31(41)25-6-4-8-27(37-25)36-18-28-35-13-16-42-28/h3-10,13,16-17,20H,11-12,14-15,18-19H2,1-2H3,(H,36,37). The third kappa shape index (κ3) is 6.71. The molecule has 1 unspecified atom stereocenters. The number of nitrogens with one attached hydrogen (secondary N) is 1. The zero-order chi connectivity index (χ0) is 31.6. The Kier molecular flexibility index (Phi) is 8.59. The molecule has 45 heavy (non-hydrogen) atoms. The van der Waals surface area contributed by atoms with Crippen LogP contribution in [0.4, 0.5) is 10.2 Å². The lowest BCUT2D eigenvalue weighted by atomic mass is 9.88. The number of piperidine rings is 1. The number of carbonyl (C=O) groups excluding carboxylic acids is 2. The smallest absolute Gasteiger partial charge is 0.381 e. The number of aromatic nitrogens is 2. The van der Waals surface area contributed by atoms with E-state index in [2.05, 4.69) is 15.3 Å². The minimum atomic E-state index is -1.33. The Bertz CT molecular complexity index is 1700. The summed E-state index contributed by atoms with van der Waals surface area (Å²) in [6.07, 6.45) is 4.53. The van der Waals surface area contributed by atoms with Crippen molar-refractivity contribution in [2.75, 3.05) is 32.0 Å². The first-order chi connectivity index (χ1) is 21.7. The molecule has 6 rings (SSSR count). The number of pyridine rings is 1. The van der Waals surface area contributed by atoms with Gasteiger partial charge in [0.2, 0.25) is 5.89 Å². The van der Waals surface area contributed by atoms with Crippen LogP contribution in [0.2, 0.25) is 5.02 Å². The molecule has 1 saturated heterocycles. The molecule has 0 aliphatic carbocycles. The maximum atomic E-state index is 14.8. The van der Waals surface area contributed by atoms with Crippen molar-refractivity contribution in [1.82, 2.24) is 19.9 Å². The van der Waals surface area contributed by atoms with Gasteiger partial charge in [0.05, 0.1) is 24.8 Å². The van der Waals surface area contributed by atoms with E-state index < -0.39 is 17.6 Å². The van der Waals surface area contributed by atoms with E-state index in [1.807, 2.05) is 23.1 Å². The number of benzene rings is 2. The first-order valence-electron chi connectivity index (χ1n) is 14.5. The predicted octanol–water partition coefficient (Wildman–Crippen LogP) is 5.53. The van der Waals surface area contributed by atoms with Crippen molar-refractivity contribution in [3.8, 4) is 11.5 Å². The molecule has 2 aliphatic heterocycles. The zero-order valence-corrected chi connectivity index (χ0v) is 25.4. The van der Waals surface area contributed by atoms with Crippen LogP contribution in [0.25, 0.3) is 0 Å². The SMILES string of the molecule is CN(OC(=O)c1cccc(NCc2ncco2)n1)C(=O)CN1CCC(c2cccc3c2OC(C)(c2ccc(Cl)cc2F)O3)CC1. The normalized spacial score (nSPS) is 18.0. The zero-order valence-electron chi connectivity index (χ0n) is 24.7. The lowest BCUT2D eigenvalue weighted by Crippen LogP contribution is -2.42. The van der Waals surface area contributed by atoms with E-state index in [1.54, 1.807) is 31.2 Å². The number of likely N-dealkylation sites (N-methyl/N-ethyl adjacent to an activating group) is 1. The van der Waals surface area contributed by atoms with Gasteiger partial charge in [-0.1, -0.05) is 29.8 Å². The van der Waals surface area contributed by atoms with E-state index in [0.29, 0.717) is 47.9 Å². The molecule has 2 aromatic carbocycles. The third-order valence-corrected chi connectivity index (χ3v) is 8.09. The number of likely N-dealkylation sites (tertiary alicyclic amines) is 1. The number of fused-ring (bicyclic) bond motifs is 1. The van der Waals surface area contributed by atoms with E-state index in [0.717, 1.165) is 23.5 Å². The van der Waals surface area contributed by atoms with E-state index in [9.17, 15) is 14.0 Å². The lowest BCUT2D eigenvalue weighted by molar-refractivity contribution is -0.162. The van der Waals surface area contributed by atoms with Gasteiger partial charge in [0.15, 0.2) is 17.2 Å². The number of amides is 1. The van der Waals surface area contributed by atoms with Gasteiger partial charge in [-0.15, -0.1) is 0 Å². The van der Waals surface area contributed by atoms with Gasteiger partial charge in [0.1, 0.15) is 17.9 Å². The molecule has 1 N–H and O–H groups in total. The molecular formula is C32H31ClFN5O6. The Morgan fingerprint density at radius 3 is 2.71 bits per heavy atom. The summed E-state index contributed by atoms with van der Waals surface area (Å²) in [6.45, 7) is 3.35. The third-order valence-electron chi connectivity index (χ3n) is 7.85. The number of carbonyl (C=O) groups is 2. The Balaban J connectivity index is 1.01. The molecule has 4 heterocycles. The number of para-hydroxylation sites is 1. The van der Waals surface area contributed by atoms with Gasteiger partial charge >= 0.3 is 5.97 Å². The highest BCUT2D eigenvalue weighted by molar-refractivity contribution is 6.30. The monoisotopic (exact) mass is 635 g/mol. The number of oxazole rings is 1. The lowest BCUT2D eigenvalue weighted by Gasteiger charge is -2.32. The Morgan fingerprint density at radius 2 is 1.96 bits per heavy atom. The molecule has 2 aromatic heterocycles. The van der Waals surface area contributed by atoms with Crippen LogP contribution < -0.4 is 14.8 Å².